The first-order valence-corrected chi connectivity index (χ1v) is 11.1. The minimum atomic E-state index is -4.48. The van der Waals surface area contributed by atoms with Crippen molar-refractivity contribution in [3.05, 3.63) is 59.8 Å². The minimum Gasteiger partial charge on any atom is -0.488 e. The number of benzene rings is 1. The summed E-state index contributed by atoms with van der Waals surface area (Å²) in [6.07, 6.45) is 0.323. The highest BCUT2D eigenvalue weighted by atomic mass is 19.4. The van der Waals surface area contributed by atoms with Crippen LogP contribution >= 0.6 is 0 Å². The first-order valence-electron chi connectivity index (χ1n) is 11.1. The van der Waals surface area contributed by atoms with E-state index < -0.39 is 23.9 Å². The molecule has 2 aliphatic rings. The second kappa shape index (κ2) is 7.06. The Morgan fingerprint density at radius 3 is 2.77 bits per heavy atom. The lowest BCUT2D eigenvalue weighted by Gasteiger charge is -2.44. The lowest BCUT2D eigenvalue weighted by molar-refractivity contribution is -0.137. The molecule has 2 aliphatic heterocycles. The fourth-order valence-corrected chi connectivity index (χ4v) is 5.22. The smallest absolute Gasteiger partial charge is 0.416 e. The monoisotopic (exact) mass is 482 g/mol. The number of nitrogens with zero attached hydrogens (tertiary/aromatic N) is 5. The van der Waals surface area contributed by atoms with Crippen LogP contribution in [0.5, 0.6) is 5.75 Å². The summed E-state index contributed by atoms with van der Waals surface area (Å²) in [6.45, 7) is 4.41. The molecule has 35 heavy (non-hydrogen) atoms. The van der Waals surface area contributed by atoms with E-state index in [1.54, 1.807) is 27.9 Å². The number of carbonyl (C=O) groups excluding carboxylic acids is 1. The van der Waals surface area contributed by atoms with E-state index in [4.69, 9.17) is 10.5 Å². The highest BCUT2D eigenvalue weighted by Crippen LogP contribution is 2.50. The molecule has 0 aliphatic carbocycles. The number of halogens is 3. The molecule has 5 heterocycles. The van der Waals surface area contributed by atoms with E-state index in [9.17, 15) is 18.0 Å². The number of nitrogens with two attached hydrogens (primary N) is 1. The summed E-state index contributed by atoms with van der Waals surface area (Å²) in [6, 6.07) is 4.59. The Morgan fingerprint density at radius 2 is 2.00 bits per heavy atom. The van der Waals surface area contributed by atoms with Gasteiger partial charge >= 0.3 is 6.18 Å². The number of piperidine rings is 1. The van der Waals surface area contributed by atoms with Crippen molar-refractivity contribution in [2.24, 2.45) is 5.41 Å². The van der Waals surface area contributed by atoms with Gasteiger partial charge in [-0.25, -0.2) is 15.0 Å². The molecule has 2 atom stereocenters. The van der Waals surface area contributed by atoms with Crippen molar-refractivity contribution in [1.29, 1.82) is 0 Å². The lowest BCUT2D eigenvalue weighted by Crippen LogP contribution is -2.51. The number of nitrogen functional groups attached to an aromatic ring is 1. The molecule has 3 aromatic heterocycles. The lowest BCUT2D eigenvalue weighted by atomic mass is 9.78. The molecule has 2 N–H and O–H groups in total. The molecule has 2 unspecified atom stereocenters. The maximum absolute atomic E-state index is 13.8. The Kier molecular flexibility index (Phi) is 4.36. The number of alkyl halides is 3. The fraction of sp³-hybridized carbons (Fsp3) is 0.333. The van der Waals surface area contributed by atoms with Crippen molar-refractivity contribution in [2.45, 2.75) is 38.6 Å². The van der Waals surface area contributed by atoms with Crippen molar-refractivity contribution < 1.29 is 22.7 Å². The summed E-state index contributed by atoms with van der Waals surface area (Å²) >= 11 is 0. The van der Waals surface area contributed by atoms with E-state index in [-0.39, 0.29) is 22.8 Å². The summed E-state index contributed by atoms with van der Waals surface area (Å²) in [5.74, 6) is 0.127. The summed E-state index contributed by atoms with van der Waals surface area (Å²) in [4.78, 5) is 28.3. The SMILES string of the molecule is CC1(C)CC2Oc3cc(C(F)(F)F)ccc3C2N(C(=O)c2cc3c(cn2)nc(N)c2cncn23)C1. The van der Waals surface area contributed by atoms with Gasteiger partial charge in [-0.1, -0.05) is 19.9 Å². The standard InChI is InChI=1S/C24H21F3N6O2/c1-23(2)7-19-20(13-4-3-12(24(25,26)27)5-18(13)35-19)32(10-23)22(34)14-6-16-15(8-30-14)31-21(28)17-9-29-11-33(16)17/h3-6,8-9,11,19-20H,7,10H2,1-2H3,(H2,28,31). The van der Waals surface area contributed by atoms with Crippen LogP contribution in [-0.4, -0.2) is 42.8 Å². The van der Waals surface area contributed by atoms with Gasteiger partial charge in [-0.15, -0.1) is 0 Å². The molecule has 1 saturated heterocycles. The van der Waals surface area contributed by atoms with Crippen molar-refractivity contribution in [1.82, 2.24) is 24.3 Å². The number of anilines is 1. The van der Waals surface area contributed by atoms with E-state index in [2.05, 4.69) is 15.0 Å². The fourth-order valence-electron chi connectivity index (χ4n) is 5.22. The third-order valence-electron chi connectivity index (χ3n) is 6.72. The zero-order valence-corrected chi connectivity index (χ0v) is 18.9. The van der Waals surface area contributed by atoms with E-state index >= 15 is 0 Å². The van der Waals surface area contributed by atoms with Gasteiger partial charge in [0.1, 0.15) is 34.4 Å². The summed E-state index contributed by atoms with van der Waals surface area (Å²) in [7, 11) is 0. The molecular weight excluding hydrogens is 461 g/mol. The normalized spacial score (nSPS) is 21.1. The molecule has 1 fully saturated rings. The van der Waals surface area contributed by atoms with E-state index in [1.807, 2.05) is 13.8 Å². The number of hydrogen-bond donors (Lipinski definition) is 1. The topological polar surface area (TPSA) is 98.6 Å². The van der Waals surface area contributed by atoms with Crippen LogP contribution in [0, 0.1) is 5.41 Å². The predicted octanol–water partition coefficient (Wildman–Crippen LogP) is 4.25. The largest absolute Gasteiger partial charge is 0.488 e. The van der Waals surface area contributed by atoms with Crippen molar-refractivity contribution >= 4 is 28.3 Å². The number of rotatable bonds is 1. The number of carbonyl (C=O) groups is 1. The maximum Gasteiger partial charge on any atom is 0.416 e. The van der Waals surface area contributed by atoms with Gasteiger partial charge in [-0.05, 0) is 30.0 Å². The highest BCUT2D eigenvalue weighted by molar-refractivity contribution is 5.96. The maximum atomic E-state index is 13.8. The number of aromatic nitrogens is 4. The Hall–Kier alpha value is -3.89. The van der Waals surface area contributed by atoms with Crippen LogP contribution in [0.4, 0.5) is 19.0 Å². The molecule has 0 spiro atoms. The molecule has 0 radical (unpaired) electrons. The molecule has 6 rings (SSSR count). The van der Waals surface area contributed by atoms with Gasteiger partial charge in [0.15, 0.2) is 0 Å². The first kappa shape index (κ1) is 21.6. The van der Waals surface area contributed by atoms with Crippen molar-refractivity contribution in [2.75, 3.05) is 12.3 Å². The molecule has 0 bridgehead atoms. The molecule has 0 saturated carbocycles. The second-order valence-corrected chi connectivity index (χ2v) is 9.86. The minimum absolute atomic E-state index is 0.164. The molecular formula is C24H21F3N6O2. The Labute approximate surface area is 197 Å². The Bertz CT molecular complexity index is 1510. The number of hydrogen-bond acceptors (Lipinski definition) is 6. The summed E-state index contributed by atoms with van der Waals surface area (Å²) in [5.41, 5.74) is 7.41. The van der Waals surface area contributed by atoms with Crippen LogP contribution in [0.1, 0.15) is 47.9 Å². The number of likely N-dealkylation sites (tertiary alicyclic amines) is 1. The van der Waals surface area contributed by atoms with E-state index in [0.29, 0.717) is 40.9 Å². The van der Waals surface area contributed by atoms with Gasteiger partial charge in [0, 0.05) is 12.1 Å². The molecule has 11 heteroatoms. The van der Waals surface area contributed by atoms with Gasteiger partial charge in [-0.2, -0.15) is 13.2 Å². The summed E-state index contributed by atoms with van der Waals surface area (Å²) < 4.78 is 47.5. The van der Waals surface area contributed by atoms with Crippen LogP contribution in [0.25, 0.3) is 16.6 Å². The number of imidazole rings is 1. The second-order valence-electron chi connectivity index (χ2n) is 9.86. The molecule has 8 nitrogen and oxygen atoms in total. The number of ether oxygens (including phenoxy) is 1. The van der Waals surface area contributed by atoms with E-state index in [1.165, 1.54) is 12.3 Å². The van der Waals surface area contributed by atoms with Crippen LogP contribution < -0.4 is 10.5 Å². The molecule has 1 amide bonds. The predicted molar refractivity (Wildman–Crippen MR) is 121 cm³/mol. The highest BCUT2D eigenvalue weighted by Gasteiger charge is 2.49. The van der Waals surface area contributed by atoms with Gasteiger partial charge in [0.25, 0.3) is 5.91 Å². The third kappa shape index (κ3) is 3.36. The number of pyridine rings is 1. The van der Waals surface area contributed by atoms with Crippen molar-refractivity contribution in [3.8, 4) is 5.75 Å². The zero-order valence-electron chi connectivity index (χ0n) is 18.9. The Morgan fingerprint density at radius 1 is 1.20 bits per heavy atom. The van der Waals surface area contributed by atoms with Crippen LogP contribution in [-0.2, 0) is 6.18 Å². The quantitative estimate of drug-likeness (QED) is 0.436. The zero-order chi connectivity index (χ0) is 24.7. The average molecular weight is 482 g/mol. The molecule has 4 aromatic rings. The molecule has 180 valence electrons. The third-order valence-corrected chi connectivity index (χ3v) is 6.72. The van der Waals surface area contributed by atoms with Gasteiger partial charge in [-0.3, -0.25) is 9.20 Å². The van der Waals surface area contributed by atoms with Gasteiger partial charge < -0.3 is 15.4 Å². The molecule has 1 aromatic carbocycles. The Balaban J connectivity index is 1.43. The summed E-state index contributed by atoms with van der Waals surface area (Å²) in [5, 5.41) is 0. The van der Waals surface area contributed by atoms with Gasteiger partial charge in [0.05, 0.1) is 35.8 Å². The first-order chi connectivity index (χ1) is 16.5. The number of amides is 1. The van der Waals surface area contributed by atoms with Crippen LogP contribution in [0.2, 0.25) is 0 Å². The van der Waals surface area contributed by atoms with Crippen molar-refractivity contribution in [3.63, 3.8) is 0 Å². The van der Waals surface area contributed by atoms with Gasteiger partial charge in [0.2, 0.25) is 0 Å². The van der Waals surface area contributed by atoms with Crippen LogP contribution in [0.15, 0.2) is 43.0 Å². The average Bonchev–Trinajstić information content (AvgIpc) is 3.41. The number of fused-ring (bicyclic) bond motifs is 6. The van der Waals surface area contributed by atoms with E-state index in [0.717, 1.165) is 12.1 Å². The van der Waals surface area contributed by atoms with Crippen LogP contribution in [0.3, 0.4) is 0 Å².